The summed E-state index contributed by atoms with van der Waals surface area (Å²) in [5.41, 5.74) is 1.97. The molecule has 3 aromatic heterocycles. The monoisotopic (exact) mass is 312 g/mol. The van der Waals surface area contributed by atoms with Gasteiger partial charge in [-0.3, -0.25) is 4.57 Å². The number of hydrogen-bond acceptors (Lipinski definition) is 4. The summed E-state index contributed by atoms with van der Waals surface area (Å²) in [5.74, 6) is 1.81. The Morgan fingerprint density at radius 2 is 2.32 bits per heavy atom. The lowest BCUT2D eigenvalue weighted by Crippen LogP contribution is -2.31. The molecule has 4 rings (SSSR count). The number of imidazole rings is 1. The summed E-state index contributed by atoms with van der Waals surface area (Å²) in [6.45, 7) is 4.39. The van der Waals surface area contributed by atoms with E-state index < -0.39 is 0 Å². The van der Waals surface area contributed by atoms with Crippen LogP contribution < -0.4 is 5.32 Å². The van der Waals surface area contributed by atoms with Crippen LogP contribution in [0.4, 0.5) is 0 Å². The Morgan fingerprint density at radius 1 is 1.36 bits per heavy atom. The van der Waals surface area contributed by atoms with E-state index in [4.69, 9.17) is 4.98 Å². The zero-order valence-corrected chi connectivity index (χ0v) is 13.6. The standard InChI is InChI=1S/C17H20N4S/c1-12-6-7-16(22-12)21-15(10-13-4-2-8-18-11-13)20-14-5-3-9-19-17(14)21/h3,5-7,9,13,18H,2,4,8,10-11H2,1H3. The van der Waals surface area contributed by atoms with E-state index in [1.165, 1.54) is 22.7 Å². The van der Waals surface area contributed by atoms with Crippen LogP contribution in [-0.4, -0.2) is 27.6 Å². The Bertz CT molecular complexity index is 783. The normalized spacial score (nSPS) is 18.9. The summed E-state index contributed by atoms with van der Waals surface area (Å²) >= 11 is 1.80. The van der Waals surface area contributed by atoms with Gasteiger partial charge in [0.25, 0.3) is 0 Å². The summed E-state index contributed by atoms with van der Waals surface area (Å²) in [6, 6.07) is 8.37. The van der Waals surface area contributed by atoms with E-state index in [1.54, 1.807) is 11.3 Å². The molecule has 1 atom stereocenters. The lowest BCUT2D eigenvalue weighted by atomic mass is 9.96. The number of aromatic nitrogens is 3. The van der Waals surface area contributed by atoms with Crippen molar-refractivity contribution in [2.24, 2.45) is 5.92 Å². The van der Waals surface area contributed by atoms with Gasteiger partial charge in [0.05, 0.1) is 0 Å². The van der Waals surface area contributed by atoms with Gasteiger partial charge in [-0.2, -0.15) is 0 Å². The third kappa shape index (κ3) is 2.55. The lowest BCUT2D eigenvalue weighted by Gasteiger charge is -2.22. The minimum atomic E-state index is 0.672. The van der Waals surface area contributed by atoms with Gasteiger partial charge in [-0.1, -0.05) is 0 Å². The molecule has 22 heavy (non-hydrogen) atoms. The molecule has 3 aromatic rings. The van der Waals surface area contributed by atoms with Crippen LogP contribution in [0.15, 0.2) is 30.5 Å². The SMILES string of the molecule is Cc1ccc(-n2c(CC3CCCNC3)nc3cccnc32)s1. The first-order chi connectivity index (χ1) is 10.8. The highest BCUT2D eigenvalue weighted by molar-refractivity contribution is 7.14. The first-order valence-electron chi connectivity index (χ1n) is 7.91. The summed E-state index contributed by atoms with van der Waals surface area (Å²) in [4.78, 5) is 10.8. The van der Waals surface area contributed by atoms with E-state index in [9.17, 15) is 0 Å². The van der Waals surface area contributed by atoms with Gasteiger partial charge in [-0.05, 0) is 63.0 Å². The molecule has 1 aliphatic rings. The van der Waals surface area contributed by atoms with Crippen LogP contribution in [0.5, 0.6) is 0 Å². The Balaban J connectivity index is 1.79. The van der Waals surface area contributed by atoms with Crippen LogP contribution in [0.25, 0.3) is 16.2 Å². The molecule has 0 saturated carbocycles. The molecule has 1 N–H and O–H groups in total. The number of piperidine rings is 1. The number of rotatable bonds is 3. The van der Waals surface area contributed by atoms with Crippen LogP contribution in [0.1, 0.15) is 23.5 Å². The molecule has 0 aromatic carbocycles. The van der Waals surface area contributed by atoms with Gasteiger partial charge < -0.3 is 5.32 Å². The van der Waals surface area contributed by atoms with E-state index in [1.807, 2.05) is 12.3 Å². The lowest BCUT2D eigenvalue weighted by molar-refractivity contribution is 0.370. The molecule has 1 aliphatic heterocycles. The number of hydrogen-bond donors (Lipinski definition) is 1. The average molecular weight is 312 g/mol. The molecule has 1 saturated heterocycles. The topological polar surface area (TPSA) is 42.7 Å². The summed E-state index contributed by atoms with van der Waals surface area (Å²) in [5, 5.41) is 4.72. The molecule has 0 amide bonds. The molecule has 4 heterocycles. The third-order valence-corrected chi connectivity index (χ3v) is 5.29. The highest BCUT2D eigenvalue weighted by Gasteiger charge is 2.20. The molecule has 114 valence electrons. The minimum Gasteiger partial charge on any atom is -0.316 e. The molecule has 0 aliphatic carbocycles. The maximum Gasteiger partial charge on any atom is 0.165 e. The quantitative estimate of drug-likeness (QED) is 0.806. The van der Waals surface area contributed by atoms with Crippen molar-refractivity contribution in [1.82, 2.24) is 19.9 Å². The molecule has 0 spiro atoms. The molecule has 5 heteroatoms. The van der Waals surface area contributed by atoms with Crippen LogP contribution in [-0.2, 0) is 6.42 Å². The van der Waals surface area contributed by atoms with E-state index in [0.717, 1.165) is 36.5 Å². The highest BCUT2D eigenvalue weighted by atomic mass is 32.1. The minimum absolute atomic E-state index is 0.672. The van der Waals surface area contributed by atoms with Gasteiger partial charge in [0.2, 0.25) is 0 Å². The number of nitrogens with one attached hydrogen (secondary N) is 1. The largest absolute Gasteiger partial charge is 0.316 e. The fourth-order valence-electron chi connectivity index (χ4n) is 3.23. The third-order valence-electron chi connectivity index (χ3n) is 4.30. The zero-order valence-electron chi connectivity index (χ0n) is 12.7. The molecular weight excluding hydrogens is 292 g/mol. The van der Waals surface area contributed by atoms with Crippen LogP contribution in [0, 0.1) is 12.8 Å². The predicted octanol–water partition coefficient (Wildman–Crippen LogP) is 3.33. The summed E-state index contributed by atoms with van der Waals surface area (Å²) in [6.07, 6.45) is 5.42. The summed E-state index contributed by atoms with van der Waals surface area (Å²) < 4.78 is 2.25. The highest BCUT2D eigenvalue weighted by Crippen LogP contribution is 2.27. The first-order valence-corrected chi connectivity index (χ1v) is 8.73. The Hall–Kier alpha value is -1.72. The van der Waals surface area contributed by atoms with Crippen molar-refractivity contribution in [1.29, 1.82) is 0 Å². The van der Waals surface area contributed by atoms with Gasteiger partial charge >= 0.3 is 0 Å². The molecule has 0 radical (unpaired) electrons. The van der Waals surface area contributed by atoms with Gasteiger partial charge in [0.1, 0.15) is 16.3 Å². The molecule has 0 bridgehead atoms. The van der Waals surface area contributed by atoms with Crippen molar-refractivity contribution < 1.29 is 0 Å². The van der Waals surface area contributed by atoms with Gasteiger partial charge in [0, 0.05) is 17.5 Å². The second-order valence-corrected chi connectivity index (χ2v) is 7.28. The van der Waals surface area contributed by atoms with E-state index in [0.29, 0.717) is 5.92 Å². The maximum atomic E-state index is 4.87. The molecular formula is C17H20N4S. The second kappa shape index (κ2) is 5.82. The number of pyridine rings is 1. The first kappa shape index (κ1) is 13.9. The van der Waals surface area contributed by atoms with Crippen molar-refractivity contribution >= 4 is 22.5 Å². The van der Waals surface area contributed by atoms with Gasteiger partial charge in [0.15, 0.2) is 5.65 Å². The van der Waals surface area contributed by atoms with Gasteiger partial charge in [-0.25, -0.2) is 9.97 Å². The second-order valence-electron chi connectivity index (χ2n) is 6.01. The Kier molecular flexibility index (Phi) is 3.68. The Morgan fingerprint density at radius 3 is 3.09 bits per heavy atom. The van der Waals surface area contributed by atoms with Crippen LogP contribution >= 0.6 is 11.3 Å². The van der Waals surface area contributed by atoms with Crippen LogP contribution in [0.2, 0.25) is 0 Å². The number of aryl methyl sites for hydroxylation is 1. The molecule has 4 nitrogen and oxygen atoms in total. The summed E-state index contributed by atoms with van der Waals surface area (Å²) in [7, 11) is 0. The van der Waals surface area contributed by atoms with Crippen LogP contribution in [0.3, 0.4) is 0 Å². The smallest absolute Gasteiger partial charge is 0.165 e. The predicted molar refractivity (Wildman–Crippen MR) is 90.8 cm³/mol. The Labute approximate surface area is 134 Å². The van der Waals surface area contributed by atoms with Crippen molar-refractivity contribution in [3.63, 3.8) is 0 Å². The zero-order chi connectivity index (χ0) is 14.9. The van der Waals surface area contributed by atoms with Crippen molar-refractivity contribution in [2.45, 2.75) is 26.2 Å². The van der Waals surface area contributed by atoms with Crippen molar-refractivity contribution in [3.8, 4) is 5.00 Å². The van der Waals surface area contributed by atoms with E-state index >= 15 is 0 Å². The fourth-order valence-corrected chi connectivity index (χ4v) is 4.11. The number of nitrogens with zero attached hydrogens (tertiary/aromatic N) is 3. The molecule has 1 unspecified atom stereocenters. The van der Waals surface area contributed by atoms with Crippen molar-refractivity contribution in [3.05, 3.63) is 41.2 Å². The van der Waals surface area contributed by atoms with E-state index in [2.05, 4.69) is 40.0 Å². The average Bonchev–Trinajstić information content (AvgIpc) is 3.11. The number of thiophene rings is 1. The molecule has 1 fully saturated rings. The number of fused-ring (bicyclic) bond motifs is 1. The fraction of sp³-hybridized carbons (Fsp3) is 0.412. The maximum absolute atomic E-state index is 4.87. The van der Waals surface area contributed by atoms with Crippen molar-refractivity contribution in [2.75, 3.05) is 13.1 Å². The van der Waals surface area contributed by atoms with Gasteiger partial charge in [-0.15, -0.1) is 11.3 Å². The van der Waals surface area contributed by atoms with E-state index in [-0.39, 0.29) is 0 Å².